The highest BCUT2D eigenvalue weighted by Gasteiger charge is 2.28. The van der Waals surface area contributed by atoms with Crippen LogP contribution in [0.15, 0.2) is 23.1 Å². The third kappa shape index (κ3) is 6.47. The van der Waals surface area contributed by atoms with E-state index < -0.39 is 27.3 Å². The molecule has 0 saturated heterocycles. The lowest BCUT2D eigenvalue weighted by Gasteiger charge is -2.26. The Morgan fingerprint density at radius 1 is 1.12 bits per heavy atom. The molecule has 0 radical (unpaired) electrons. The van der Waals surface area contributed by atoms with Crippen LogP contribution in [0.3, 0.4) is 0 Å². The molecule has 0 heterocycles. The van der Waals surface area contributed by atoms with E-state index in [1.165, 1.54) is 12.1 Å². The number of sulfone groups is 1. The monoisotopic (exact) mass is 371 g/mol. The zero-order valence-corrected chi connectivity index (χ0v) is 15.5. The molecular formula is C17H25NO6S. The van der Waals surface area contributed by atoms with Gasteiger partial charge in [0.05, 0.1) is 22.5 Å². The van der Waals surface area contributed by atoms with Crippen LogP contribution < -0.4 is 5.32 Å². The third-order valence-corrected chi connectivity index (χ3v) is 4.88. The average Bonchev–Trinajstić information content (AvgIpc) is 2.45. The van der Waals surface area contributed by atoms with Crippen LogP contribution in [0.2, 0.25) is 0 Å². The fourth-order valence-corrected chi connectivity index (χ4v) is 3.43. The maximum absolute atomic E-state index is 12.3. The van der Waals surface area contributed by atoms with Gasteiger partial charge in [-0.25, -0.2) is 13.2 Å². The number of rotatable bonds is 9. The van der Waals surface area contributed by atoms with Crippen LogP contribution in [0.1, 0.15) is 56.3 Å². The van der Waals surface area contributed by atoms with E-state index in [4.69, 9.17) is 5.11 Å². The summed E-state index contributed by atoms with van der Waals surface area (Å²) in [7, 11) is -3.63. The molecule has 3 N–H and O–H groups in total. The van der Waals surface area contributed by atoms with Crippen LogP contribution in [-0.2, 0) is 14.6 Å². The largest absolute Gasteiger partial charge is 0.478 e. The summed E-state index contributed by atoms with van der Waals surface area (Å²) in [4.78, 5) is 23.2. The van der Waals surface area contributed by atoms with Gasteiger partial charge in [0.1, 0.15) is 0 Å². The summed E-state index contributed by atoms with van der Waals surface area (Å²) in [6.45, 7) is 3.82. The van der Waals surface area contributed by atoms with Crippen molar-refractivity contribution in [3.8, 4) is 0 Å². The minimum Gasteiger partial charge on any atom is -0.478 e. The molecule has 1 amide bonds. The number of carboxylic acids is 1. The van der Waals surface area contributed by atoms with Crippen molar-refractivity contribution < 1.29 is 28.2 Å². The molecule has 140 valence electrons. The predicted octanol–water partition coefficient (Wildman–Crippen LogP) is 2.45. The molecule has 0 aliphatic rings. The molecule has 1 aromatic rings. The van der Waals surface area contributed by atoms with Gasteiger partial charge >= 0.3 is 5.97 Å². The molecule has 8 heteroatoms. The van der Waals surface area contributed by atoms with Crippen LogP contribution in [-0.4, -0.2) is 42.4 Å². The normalized spacial score (nSPS) is 12.0. The molecule has 1 rings (SSSR count). The maximum Gasteiger partial charge on any atom is 0.335 e. The van der Waals surface area contributed by atoms with Gasteiger partial charge in [-0.05, 0) is 31.0 Å². The topological polar surface area (TPSA) is 121 Å². The quantitative estimate of drug-likeness (QED) is 0.613. The van der Waals surface area contributed by atoms with E-state index in [1.807, 2.05) is 13.8 Å². The summed E-state index contributed by atoms with van der Waals surface area (Å²) < 4.78 is 23.4. The van der Waals surface area contributed by atoms with Gasteiger partial charge in [0, 0.05) is 11.9 Å². The second-order valence-electron chi connectivity index (χ2n) is 6.27. The number of carboxylic acid groups (broad SMARTS) is 1. The number of nitrogens with one attached hydrogen (secondary N) is 1. The number of carbonyl (C=O) groups excluding carboxylic acids is 1. The van der Waals surface area contributed by atoms with E-state index in [-0.39, 0.29) is 22.6 Å². The minimum atomic E-state index is -3.63. The minimum absolute atomic E-state index is 0.0701. The molecule has 25 heavy (non-hydrogen) atoms. The first kappa shape index (κ1) is 21.1. The van der Waals surface area contributed by atoms with Crippen LogP contribution >= 0.6 is 0 Å². The average molecular weight is 371 g/mol. The lowest BCUT2D eigenvalue weighted by Crippen LogP contribution is -2.33. The van der Waals surface area contributed by atoms with Crippen molar-refractivity contribution in [2.75, 3.05) is 11.6 Å². The van der Waals surface area contributed by atoms with Gasteiger partial charge in [0.15, 0.2) is 9.84 Å². The smallest absolute Gasteiger partial charge is 0.335 e. The number of benzene rings is 1. The number of hydrogen-bond acceptors (Lipinski definition) is 5. The molecule has 0 bridgehead atoms. The molecule has 0 spiro atoms. The van der Waals surface area contributed by atoms with Gasteiger partial charge in [0.25, 0.3) is 0 Å². The number of hydrogen-bond donors (Lipinski definition) is 3. The van der Waals surface area contributed by atoms with Gasteiger partial charge in [-0.15, -0.1) is 0 Å². The van der Waals surface area contributed by atoms with Crippen LogP contribution in [0.5, 0.6) is 0 Å². The Hall–Kier alpha value is -1.93. The van der Waals surface area contributed by atoms with Crippen LogP contribution in [0.4, 0.5) is 5.69 Å². The first-order valence-corrected chi connectivity index (χ1v) is 10.0. The number of carbonyl (C=O) groups is 2. The number of anilines is 1. The summed E-state index contributed by atoms with van der Waals surface area (Å²) in [6.07, 6.45) is 3.20. The van der Waals surface area contributed by atoms with Crippen molar-refractivity contribution in [3.05, 3.63) is 23.8 Å². The zero-order chi connectivity index (χ0) is 19.3. The fraction of sp³-hybridized carbons (Fsp3) is 0.529. The number of aliphatic hydroxyl groups is 1. The first-order chi connectivity index (χ1) is 11.5. The molecule has 0 fully saturated rings. The fourth-order valence-electron chi connectivity index (χ4n) is 2.75. The van der Waals surface area contributed by atoms with Gasteiger partial charge < -0.3 is 15.5 Å². The molecule has 0 aliphatic heterocycles. The van der Waals surface area contributed by atoms with E-state index in [0.29, 0.717) is 12.8 Å². The molecule has 1 aromatic carbocycles. The Morgan fingerprint density at radius 3 is 2.12 bits per heavy atom. The standard InChI is InChI=1S/C17H25NO6S/c1-4-6-17(22,7-5-2)11-15(19)18-13-8-12(16(20)21)9-14(10-13)25(3,23)24/h8-10,22H,4-7,11H2,1-3H3,(H,18,19)(H,20,21). The van der Waals surface area contributed by atoms with Crippen molar-refractivity contribution in [2.45, 2.75) is 56.4 Å². The lowest BCUT2D eigenvalue weighted by atomic mass is 9.89. The van der Waals surface area contributed by atoms with E-state index in [2.05, 4.69) is 5.32 Å². The van der Waals surface area contributed by atoms with Crippen molar-refractivity contribution >= 4 is 27.4 Å². The van der Waals surface area contributed by atoms with Crippen molar-refractivity contribution in [1.82, 2.24) is 0 Å². The van der Waals surface area contributed by atoms with E-state index in [0.717, 1.165) is 25.2 Å². The Morgan fingerprint density at radius 2 is 1.68 bits per heavy atom. The van der Waals surface area contributed by atoms with Gasteiger partial charge in [0.2, 0.25) is 5.91 Å². The summed E-state index contributed by atoms with van der Waals surface area (Å²) in [5, 5.41) is 22.1. The molecule has 0 aromatic heterocycles. The Balaban J connectivity index is 3.07. The second kappa shape index (κ2) is 8.44. The first-order valence-electron chi connectivity index (χ1n) is 8.11. The van der Waals surface area contributed by atoms with Crippen LogP contribution in [0, 0.1) is 0 Å². The maximum atomic E-state index is 12.3. The number of amides is 1. The van der Waals surface area contributed by atoms with Crippen LogP contribution in [0.25, 0.3) is 0 Å². The molecule has 0 unspecified atom stereocenters. The molecule has 0 saturated carbocycles. The summed E-state index contributed by atoms with van der Waals surface area (Å²) in [5.74, 6) is -1.79. The van der Waals surface area contributed by atoms with Crippen molar-refractivity contribution in [1.29, 1.82) is 0 Å². The van der Waals surface area contributed by atoms with Crippen molar-refractivity contribution in [3.63, 3.8) is 0 Å². The second-order valence-corrected chi connectivity index (χ2v) is 8.29. The van der Waals surface area contributed by atoms with Gasteiger partial charge in [-0.2, -0.15) is 0 Å². The predicted molar refractivity (Wildman–Crippen MR) is 94.5 cm³/mol. The zero-order valence-electron chi connectivity index (χ0n) is 14.7. The highest BCUT2D eigenvalue weighted by atomic mass is 32.2. The highest BCUT2D eigenvalue weighted by molar-refractivity contribution is 7.90. The molecule has 0 aliphatic carbocycles. The van der Waals surface area contributed by atoms with E-state index >= 15 is 0 Å². The van der Waals surface area contributed by atoms with E-state index in [9.17, 15) is 23.1 Å². The lowest BCUT2D eigenvalue weighted by molar-refractivity contribution is -0.121. The molecule has 0 atom stereocenters. The summed E-state index contributed by atoms with van der Waals surface area (Å²) in [5.41, 5.74) is -1.30. The molecule has 7 nitrogen and oxygen atoms in total. The Labute approximate surface area is 148 Å². The molecular weight excluding hydrogens is 346 g/mol. The van der Waals surface area contributed by atoms with E-state index in [1.54, 1.807) is 0 Å². The highest BCUT2D eigenvalue weighted by Crippen LogP contribution is 2.25. The summed E-state index contributed by atoms with van der Waals surface area (Å²) in [6, 6.07) is 3.43. The van der Waals surface area contributed by atoms with Gasteiger partial charge in [-0.1, -0.05) is 26.7 Å². The van der Waals surface area contributed by atoms with Crippen molar-refractivity contribution in [2.24, 2.45) is 0 Å². The Kier molecular flexibility index (Phi) is 7.13. The van der Waals surface area contributed by atoms with Gasteiger partial charge in [-0.3, -0.25) is 4.79 Å². The third-order valence-electron chi connectivity index (χ3n) is 3.79. The SMILES string of the molecule is CCCC(O)(CCC)CC(=O)Nc1cc(C(=O)O)cc(S(C)(=O)=O)c1. The summed E-state index contributed by atoms with van der Waals surface area (Å²) >= 11 is 0. The number of aromatic carboxylic acids is 1. The Bertz CT molecular complexity index is 736.